The summed E-state index contributed by atoms with van der Waals surface area (Å²) in [7, 11) is 0.409. The van der Waals surface area contributed by atoms with Crippen molar-refractivity contribution in [1.29, 1.82) is 0 Å². The molecule has 0 aliphatic rings. The highest BCUT2D eigenvalue weighted by molar-refractivity contribution is 7.87. The maximum absolute atomic E-state index is 13.0. The number of carbonyl (C=O) groups excluding carboxylic acids is 1. The van der Waals surface area contributed by atoms with E-state index in [9.17, 15) is 9.00 Å². The van der Waals surface area contributed by atoms with Crippen LogP contribution in [0.4, 0.5) is 0 Å². The molecular weight excluding hydrogens is 372 g/mol. The lowest BCUT2D eigenvalue weighted by atomic mass is 9.99. The highest BCUT2D eigenvalue weighted by Crippen LogP contribution is 2.24. The maximum atomic E-state index is 13.0. The fourth-order valence-corrected chi connectivity index (χ4v) is 3.93. The number of nitrogens with one attached hydrogen (secondary N) is 2. The molecule has 0 aromatic heterocycles. The monoisotopic (exact) mass is 410 g/mol. The minimum Gasteiger partial charge on any atom is -0.413 e. The van der Waals surface area contributed by atoms with Gasteiger partial charge in [0.2, 0.25) is 0 Å². The Morgan fingerprint density at radius 1 is 1.21 bits per heavy atom. The van der Waals surface area contributed by atoms with Gasteiger partial charge >= 0.3 is 0 Å². The van der Waals surface area contributed by atoms with Crippen LogP contribution in [0.3, 0.4) is 0 Å². The second-order valence-corrected chi connectivity index (χ2v) is 7.80. The molecule has 0 aliphatic carbocycles. The molecule has 0 rings (SSSR count). The summed E-state index contributed by atoms with van der Waals surface area (Å²) in [6, 6.07) is 0.170. The average molecular weight is 411 g/mol. The van der Waals surface area contributed by atoms with E-state index in [0.29, 0.717) is 6.42 Å². The van der Waals surface area contributed by atoms with Gasteiger partial charge in [0.15, 0.2) is 0 Å². The largest absolute Gasteiger partial charge is 0.413 e. The predicted molar refractivity (Wildman–Crippen MR) is 120 cm³/mol. The number of rotatable bonds is 15. The van der Waals surface area contributed by atoms with E-state index in [1.807, 2.05) is 19.1 Å². The van der Waals surface area contributed by atoms with Crippen LogP contribution in [0, 0.1) is 0 Å². The zero-order valence-corrected chi connectivity index (χ0v) is 19.2. The molecule has 160 valence electrons. The Bertz CT molecular complexity index is 607. The van der Waals surface area contributed by atoms with Crippen molar-refractivity contribution >= 4 is 17.3 Å². The number of hydrogen-bond acceptors (Lipinski definition) is 4. The van der Waals surface area contributed by atoms with Crippen molar-refractivity contribution in [3.05, 3.63) is 46.1 Å². The van der Waals surface area contributed by atoms with Gasteiger partial charge in [0, 0.05) is 13.1 Å². The molecule has 2 atom stereocenters. The zero-order valence-electron chi connectivity index (χ0n) is 18.3. The summed E-state index contributed by atoms with van der Waals surface area (Å²) in [6.07, 6.45) is 13.2. The second kappa shape index (κ2) is 16.5. The Hall–Kier alpha value is -1.50. The lowest BCUT2D eigenvalue weighted by Crippen LogP contribution is -2.28. The van der Waals surface area contributed by atoms with Crippen LogP contribution in [0.1, 0.15) is 73.1 Å². The van der Waals surface area contributed by atoms with Gasteiger partial charge in [0.1, 0.15) is 23.0 Å². The van der Waals surface area contributed by atoms with Gasteiger partial charge in [-0.15, -0.1) is 0 Å². The average Bonchev–Trinajstić information content (AvgIpc) is 2.67. The van der Waals surface area contributed by atoms with E-state index in [1.165, 1.54) is 6.08 Å². The maximum Gasteiger partial charge on any atom is 0.142 e. The topological polar surface area (TPSA) is 67.4 Å². The molecule has 0 spiro atoms. The lowest BCUT2D eigenvalue weighted by molar-refractivity contribution is -0.104. The fourth-order valence-electron chi connectivity index (χ4n) is 2.82. The Balaban J connectivity index is 5.77. The second-order valence-electron chi connectivity index (χ2n) is 6.55. The third-order valence-corrected chi connectivity index (χ3v) is 5.63. The van der Waals surface area contributed by atoms with Crippen molar-refractivity contribution in [3.63, 3.8) is 0 Å². The number of unbranched alkanes of at least 4 members (excludes halogenated alkanes) is 1. The van der Waals surface area contributed by atoms with Crippen molar-refractivity contribution in [2.75, 3.05) is 7.05 Å². The van der Waals surface area contributed by atoms with Crippen LogP contribution in [-0.2, 0) is 20.6 Å². The normalized spacial score (nSPS) is 16.1. The first kappa shape index (κ1) is 26.5. The molecule has 0 aliphatic heterocycles. The van der Waals surface area contributed by atoms with Crippen molar-refractivity contribution in [2.45, 2.75) is 79.2 Å². The molecule has 2 unspecified atom stereocenters. The van der Waals surface area contributed by atoms with Crippen LogP contribution in [0.15, 0.2) is 46.1 Å². The smallest absolute Gasteiger partial charge is 0.142 e. The summed E-state index contributed by atoms with van der Waals surface area (Å²) in [6.45, 7) is 10.3. The van der Waals surface area contributed by atoms with Crippen LogP contribution < -0.4 is 10.2 Å². The van der Waals surface area contributed by atoms with E-state index in [0.717, 1.165) is 60.2 Å². The van der Waals surface area contributed by atoms with Crippen molar-refractivity contribution in [1.82, 2.24) is 10.2 Å². The van der Waals surface area contributed by atoms with Crippen molar-refractivity contribution < 1.29 is 13.8 Å². The van der Waals surface area contributed by atoms with Gasteiger partial charge in [0.05, 0.1) is 4.91 Å². The van der Waals surface area contributed by atoms with Gasteiger partial charge in [-0.05, 0) is 62.8 Å². The minimum absolute atomic E-state index is 0.170. The minimum atomic E-state index is -1.32. The fraction of sp³-hybridized carbons (Fsp3) is 0.591. The summed E-state index contributed by atoms with van der Waals surface area (Å²) >= 11 is 0. The molecule has 0 aromatic rings. The van der Waals surface area contributed by atoms with Gasteiger partial charge in [-0.1, -0.05) is 45.8 Å². The standard InChI is InChI=1S/C22H38N2O3S/c1-7-10-14-18(4)24-28(26)21(15-12-11-13-16-25)17-20(8-2)22(9-3)19(5)27-23-6/h11,13,15-18,23-24H,7-10,12,14H2,1-6H3/b13-11-,20-17+,21-15-,22-19+. The Morgan fingerprint density at radius 2 is 1.93 bits per heavy atom. The molecule has 0 heterocycles. The molecule has 5 nitrogen and oxygen atoms in total. The molecule has 0 saturated heterocycles. The number of carbonyl (C=O) groups is 1. The summed E-state index contributed by atoms with van der Waals surface area (Å²) in [5.74, 6) is 0.813. The molecule has 0 aromatic carbocycles. The third kappa shape index (κ3) is 10.7. The lowest BCUT2D eigenvalue weighted by Gasteiger charge is -2.16. The van der Waals surface area contributed by atoms with Crippen LogP contribution in [0.5, 0.6) is 0 Å². The van der Waals surface area contributed by atoms with E-state index >= 15 is 0 Å². The van der Waals surface area contributed by atoms with Crippen LogP contribution in [0.25, 0.3) is 0 Å². The third-order valence-electron chi connectivity index (χ3n) is 4.30. The number of aldehydes is 1. The summed E-state index contributed by atoms with van der Waals surface area (Å²) in [5, 5.41) is 0. The first-order chi connectivity index (χ1) is 13.4. The molecule has 6 heteroatoms. The van der Waals surface area contributed by atoms with Crippen LogP contribution >= 0.6 is 0 Å². The molecule has 0 bridgehead atoms. The molecular formula is C22H38N2O3S. The molecule has 0 fully saturated rings. The molecule has 0 saturated carbocycles. The quantitative estimate of drug-likeness (QED) is 0.131. The van der Waals surface area contributed by atoms with Crippen molar-refractivity contribution in [2.24, 2.45) is 0 Å². The molecule has 2 N–H and O–H groups in total. The predicted octanol–water partition coefficient (Wildman–Crippen LogP) is 5.02. The molecule has 0 radical (unpaired) electrons. The summed E-state index contributed by atoms with van der Waals surface area (Å²) in [4.78, 5) is 16.7. The van der Waals surface area contributed by atoms with Crippen LogP contribution in [0.2, 0.25) is 0 Å². The van der Waals surface area contributed by atoms with E-state index < -0.39 is 11.0 Å². The molecule has 28 heavy (non-hydrogen) atoms. The first-order valence-electron chi connectivity index (χ1n) is 10.2. The zero-order chi connectivity index (χ0) is 21.4. The summed E-state index contributed by atoms with van der Waals surface area (Å²) < 4.78 is 16.2. The Morgan fingerprint density at radius 3 is 2.46 bits per heavy atom. The van der Waals surface area contributed by atoms with Crippen molar-refractivity contribution in [3.8, 4) is 0 Å². The first-order valence-corrected chi connectivity index (χ1v) is 11.3. The number of allylic oxidation sites excluding steroid dienone is 7. The van der Waals surface area contributed by atoms with E-state index in [4.69, 9.17) is 4.84 Å². The van der Waals surface area contributed by atoms with Gasteiger partial charge in [-0.3, -0.25) is 4.79 Å². The van der Waals surface area contributed by atoms with E-state index in [1.54, 1.807) is 13.1 Å². The number of hydrogen-bond donors (Lipinski definition) is 2. The highest BCUT2D eigenvalue weighted by atomic mass is 32.2. The number of hydroxylamine groups is 1. The van der Waals surface area contributed by atoms with Crippen LogP contribution in [-0.4, -0.2) is 23.6 Å². The van der Waals surface area contributed by atoms with E-state index in [2.05, 4.69) is 37.9 Å². The summed E-state index contributed by atoms with van der Waals surface area (Å²) in [5.41, 5.74) is 4.91. The van der Waals surface area contributed by atoms with Gasteiger partial charge < -0.3 is 4.84 Å². The SMILES string of the molecule is CCCCC(C)NS(=O)C(=C\C/C=C\C=O)/C=C(CC)/C(CC)=C(\C)ONC. The Labute approximate surface area is 173 Å². The van der Waals surface area contributed by atoms with Gasteiger partial charge in [-0.25, -0.2) is 8.93 Å². The highest BCUT2D eigenvalue weighted by Gasteiger charge is 2.13. The Kier molecular flexibility index (Phi) is 15.6. The molecule has 0 amide bonds. The van der Waals surface area contributed by atoms with E-state index in [-0.39, 0.29) is 6.04 Å². The van der Waals surface area contributed by atoms with Gasteiger partial charge in [0.25, 0.3) is 0 Å². The van der Waals surface area contributed by atoms with Gasteiger partial charge in [-0.2, -0.15) is 5.48 Å².